The third-order valence-corrected chi connectivity index (χ3v) is 1.86. The quantitative estimate of drug-likeness (QED) is 0.434. The molecule has 0 spiro atoms. The lowest BCUT2D eigenvalue weighted by atomic mass is 10.2. The van der Waals surface area contributed by atoms with Crippen molar-refractivity contribution in [1.82, 2.24) is 0 Å². The summed E-state index contributed by atoms with van der Waals surface area (Å²) < 4.78 is 0. The zero-order chi connectivity index (χ0) is 14.0. The van der Waals surface area contributed by atoms with Gasteiger partial charge in [0.05, 0.1) is 20.5 Å². The van der Waals surface area contributed by atoms with E-state index in [4.69, 9.17) is 5.39 Å². The smallest absolute Gasteiger partial charge is 0.475 e. The Morgan fingerprint density at radius 1 is 1.00 bits per heavy atom. The standard InChI is InChI=1S/C6HN5O7/c7-8-2-1-3(9(13)14)6(12)5(11(17)18)4(2)10(15)16/h1H. The molecule has 0 unspecified atom stereocenters. The van der Waals surface area contributed by atoms with Gasteiger partial charge in [-0.1, -0.05) is 0 Å². The summed E-state index contributed by atoms with van der Waals surface area (Å²) in [5.41, 5.74) is -5.36. The summed E-state index contributed by atoms with van der Waals surface area (Å²) in [6.07, 6.45) is 0. The van der Waals surface area contributed by atoms with E-state index >= 15 is 0 Å². The molecule has 1 aromatic rings. The molecule has 0 aliphatic carbocycles. The Hall–Kier alpha value is -3.36. The maximum Gasteiger partial charge on any atom is 0.475 e. The first-order valence-corrected chi connectivity index (χ1v) is 3.97. The van der Waals surface area contributed by atoms with Gasteiger partial charge >= 0.3 is 17.1 Å². The van der Waals surface area contributed by atoms with E-state index in [1.165, 1.54) is 0 Å². The third-order valence-electron chi connectivity index (χ3n) is 1.86. The highest BCUT2D eigenvalue weighted by molar-refractivity contribution is 5.81. The first-order valence-electron chi connectivity index (χ1n) is 3.97. The third kappa shape index (κ3) is 1.82. The second kappa shape index (κ2) is 4.25. The molecule has 0 aromatic heterocycles. The summed E-state index contributed by atoms with van der Waals surface area (Å²) in [7, 11) is 0. The highest BCUT2D eigenvalue weighted by atomic mass is 16.6. The molecule has 0 heterocycles. The van der Waals surface area contributed by atoms with E-state index in [1.54, 1.807) is 0 Å². The fourth-order valence-corrected chi connectivity index (χ4v) is 1.17. The monoisotopic (exact) mass is 255 g/mol. The van der Waals surface area contributed by atoms with Crippen LogP contribution in [0.15, 0.2) is 6.07 Å². The van der Waals surface area contributed by atoms with Crippen LogP contribution in [-0.4, -0.2) is 14.8 Å². The molecule has 92 valence electrons. The van der Waals surface area contributed by atoms with Gasteiger partial charge in [-0.3, -0.25) is 30.3 Å². The molecule has 0 aliphatic heterocycles. The number of hydrogen-bond acceptors (Lipinski definition) is 8. The van der Waals surface area contributed by atoms with E-state index < -0.39 is 43.3 Å². The van der Waals surface area contributed by atoms with Gasteiger partial charge in [0.15, 0.2) is 4.98 Å². The second-order valence-corrected chi connectivity index (χ2v) is 2.81. The molecule has 1 aromatic carbocycles. The number of hydrogen-bond donors (Lipinski definition) is 0. The van der Waals surface area contributed by atoms with Crippen LogP contribution in [0.25, 0.3) is 4.98 Å². The Balaban J connectivity index is 3.90. The van der Waals surface area contributed by atoms with E-state index in [-0.39, 0.29) is 6.07 Å². The zero-order valence-electron chi connectivity index (χ0n) is 8.17. The molecule has 0 aliphatic rings. The normalized spacial score (nSPS) is 9.50. The average Bonchev–Trinajstić information content (AvgIpc) is 2.26. The van der Waals surface area contributed by atoms with Crippen molar-refractivity contribution in [2.75, 3.05) is 0 Å². The van der Waals surface area contributed by atoms with Gasteiger partial charge in [-0.25, -0.2) is 0 Å². The van der Waals surface area contributed by atoms with Crippen molar-refractivity contribution in [2.24, 2.45) is 0 Å². The van der Waals surface area contributed by atoms with Crippen LogP contribution in [0.1, 0.15) is 0 Å². The molecule has 0 amide bonds. The highest BCUT2D eigenvalue weighted by Gasteiger charge is 2.41. The summed E-state index contributed by atoms with van der Waals surface area (Å²) in [4.78, 5) is 29.8. The van der Waals surface area contributed by atoms with Gasteiger partial charge in [-0.2, -0.15) is 0 Å². The van der Waals surface area contributed by atoms with Crippen LogP contribution in [0, 0.1) is 35.7 Å². The van der Waals surface area contributed by atoms with Crippen LogP contribution in [0.5, 0.6) is 5.75 Å². The Labute approximate surface area is 96.1 Å². The first-order chi connectivity index (χ1) is 8.31. The topological polar surface area (TPSA) is 181 Å². The lowest BCUT2D eigenvalue weighted by Crippen LogP contribution is -2.05. The molecule has 12 heteroatoms. The summed E-state index contributed by atoms with van der Waals surface area (Å²) >= 11 is 0. The second-order valence-electron chi connectivity index (χ2n) is 2.81. The molecule has 0 bridgehead atoms. The average molecular weight is 255 g/mol. The Morgan fingerprint density at radius 2 is 1.50 bits per heavy atom. The fourth-order valence-electron chi connectivity index (χ4n) is 1.17. The summed E-state index contributed by atoms with van der Waals surface area (Å²) in [6, 6.07) is 0.285. The lowest BCUT2D eigenvalue weighted by Gasteiger charge is -2.05. The van der Waals surface area contributed by atoms with Gasteiger partial charge in [-0.15, -0.1) is 0 Å². The minimum atomic E-state index is -1.73. The van der Waals surface area contributed by atoms with Crippen molar-refractivity contribution >= 4 is 22.7 Å². The molecule has 12 nitrogen and oxygen atoms in total. The minimum absolute atomic E-state index is 0.285. The molecular formula is C6HN5O7. The Bertz CT molecular complexity index is 618. The predicted molar refractivity (Wildman–Crippen MR) is 50.6 cm³/mol. The molecule has 1 rings (SSSR count). The molecule has 0 saturated heterocycles. The molecule has 0 atom stereocenters. The van der Waals surface area contributed by atoms with Crippen molar-refractivity contribution in [3.63, 3.8) is 0 Å². The van der Waals surface area contributed by atoms with Gasteiger partial charge in [0.2, 0.25) is 5.39 Å². The van der Waals surface area contributed by atoms with Crippen LogP contribution >= 0.6 is 0 Å². The van der Waals surface area contributed by atoms with E-state index in [0.717, 1.165) is 0 Å². The van der Waals surface area contributed by atoms with E-state index in [2.05, 4.69) is 4.98 Å². The SMILES string of the molecule is N#[N+]c1cc([N+](=O)[O-])c([O-])c([N+](=O)[O-])c1[N+](=O)[O-]. The van der Waals surface area contributed by atoms with Crippen LogP contribution in [0.2, 0.25) is 0 Å². The van der Waals surface area contributed by atoms with Crippen LogP contribution in [0.4, 0.5) is 22.7 Å². The van der Waals surface area contributed by atoms with Crippen molar-refractivity contribution < 1.29 is 19.9 Å². The minimum Gasteiger partial charge on any atom is -0.863 e. The maximum absolute atomic E-state index is 11.3. The first kappa shape index (κ1) is 12.7. The molecule has 0 N–H and O–H groups in total. The number of diazo groups is 1. The van der Waals surface area contributed by atoms with Crippen molar-refractivity contribution in [3.8, 4) is 5.75 Å². The van der Waals surface area contributed by atoms with Crippen LogP contribution in [-0.2, 0) is 0 Å². The van der Waals surface area contributed by atoms with Gasteiger partial charge in [0, 0.05) is 0 Å². The van der Waals surface area contributed by atoms with Crippen molar-refractivity contribution in [2.45, 2.75) is 0 Å². The van der Waals surface area contributed by atoms with E-state index in [1.807, 2.05) is 0 Å². The Kier molecular flexibility index (Phi) is 3.00. The molecule has 0 radical (unpaired) electrons. The summed E-state index contributed by atoms with van der Waals surface area (Å²) in [6.45, 7) is 0. The summed E-state index contributed by atoms with van der Waals surface area (Å²) in [5, 5.41) is 51.3. The number of nitro benzene ring substituents is 3. The van der Waals surface area contributed by atoms with Crippen LogP contribution < -0.4 is 5.11 Å². The molecule has 0 saturated carbocycles. The van der Waals surface area contributed by atoms with Gasteiger partial charge in [0.1, 0.15) is 6.07 Å². The molecular weight excluding hydrogens is 254 g/mol. The number of benzene rings is 1. The molecule has 0 fully saturated rings. The van der Waals surface area contributed by atoms with E-state index in [9.17, 15) is 35.4 Å². The Morgan fingerprint density at radius 3 is 1.83 bits per heavy atom. The van der Waals surface area contributed by atoms with Crippen molar-refractivity contribution in [3.05, 3.63) is 41.4 Å². The fraction of sp³-hybridized carbons (Fsp3) is 0. The lowest BCUT2D eigenvalue weighted by molar-refractivity contribution is -0.435. The number of rotatable bonds is 3. The van der Waals surface area contributed by atoms with Gasteiger partial charge in [0.25, 0.3) is 5.69 Å². The molecule has 18 heavy (non-hydrogen) atoms. The summed E-state index contributed by atoms with van der Waals surface area (Å²) in [5.74, 6) is -1.73. The maximum atomic E-state index is 11.3. The zero-order valence-corrected chi connectivity index (χ0v) is 8.17. The highest BCUT2D eigenvalue weighted by Crippen LogP contribution is 2.46. The van der Waals surface area contributed by atoms with Gasteiger partial charge in [-0.05, 0) is 0 Å². The van der Waals surface area contributed by atoms with E-state index in [0.29, 0.717) is 0 Å². The number of nitro groups is 3. The number of nitrogens with zero attached hydrogens (tertiary/aromatic N) is 5. The predicted octanol–water partition coefficient (Wildman–Crippen LogP) is 0.969. The van der Waals surface area contributed by atoms with Crippen LogP contribution in [0.3, 0.4) is 0 Å². The largest absolute Gasteiger partial charge is 0.863 e. The van der Waals surface area contributed by atoms with Crippen molar-refractivity contribution in [1.29, 1.82) is 5.39 Å². The van der Waals surface area contributed by atoms with Gasteiger partial charge < -0.3 is 5.11 Å².